The van der Waals surface area contributed by atoms with Gasteiger partial charge in [0.1, 0.15) is 31.2 Å². The number of primary amides is 1. The second kappa shape index (κ2) is 12.3. The second-order valence-electron chi connectivity index (χ2n) is 10.3. The van der Waals surface area contributed by atoms with Gasteiger partial charge >= 0.3 is 0 Å². The zero-order valence-corrected chi connectivity index (χ0v) is 23.3. The molecule has 1 aliphatic rings. The number of halogens is 1. The van der Waals surface area contributed by atoms with Crippen LogP contribution in [0.25, 0.3) is 22.0 Å². The quantitative estimate of drug-likeness (QED) is 0.263. The third kappa shape index (κ3) is 6.07. The number of nitrogens with two attached hydrogens (primary N) is 1. The van der Waals surface area contributed by atoms with Crippen molar-refractivity contribution in [1.82, 2.24) is 29.9 Å². The van der Waals surface area contributed by atoms with Gasteiger partial charge in [0.05, 0.1) is 24.5 Å². The van der Waals surface area contributed by atoms with Crippen LogP contribution < -0.4 is 15.8 Å². The highest BCUT2D eigenvalue weighted by Crippen LogP contribution is 2.28. The Morgan fingerprint density at radius 2 is 1.84 bits per heavy atom. The maximum Gasteiger partial charge on any atom is 0.269 e. The summed E-state index contributed by atoms with van der Waals surface area (Å²) in [5.74, 6) is -1.38. The first-order valence-electron chi connectivity index (χ1n) is 13.8. The Labute approximate surface area is 250 Å². The van der Waals surface area contributed by atoms with Crippen molar-refractivity contribution in [2.75, 3.05) is 11.9 Å². The first-order chi connectivity index (χ1) is 21.4. The highest BCUT2D eigenvalue weighted by atomic mass is 19.1. The molecular weight excluding hydrogens is 567 g/mol. The fraction of sp³-hybridized carbons (Fsp3) is 0.194. The van der Waals surface area contributed by atoms with Gasteiger partial charge in [-0.3, -0.25) is 19.1 Å². The number of anilines is 1. The number of likely N-dealkylation sites (tertiary alicyclic amines) is 1. The zero-order valence-electron chi connectivity index (χ0n) is 23.3. The van der Waals surface area contributed by atoms with Gasteiger partial charge in [-0.15, -0.1) is 0 Å². The molecule has 0 saturated carbocycles. The molecule has 2 aromatic carbocycles. The smallest absolute Gasteiger partial charge is 0.269 e. The molecule has 2 atom stereocenters. The molecule has 4 heterocycles. The van der Waals surface area contributed by atoms with Crippen LogP contribution in [0.4, 0.5) is 10.2 Å². The van der Waals surface area contributed by atoms with Crippen molar-refractivity contribution in [3.63, 3.8) is 0 Å². The van der Waals surface area contributed by atoms with E-state index < -0.39 is 29.9 Å². The lowest BCUT2D eigenvalue weighted by Gasteiger charge is -2.23. The number of aromatic nitrogens is 5. The average molecular weight is 595 g/mol. The van der Waals surface area contributed by atoms with Crippen molar-refractivity contribution >= 4 is 34.4 Å². The molecule has 1 saturated heterocycles. The number of carbonyl (C=O) groups excluding carboxylic acids is 3. The Balaban J connectivity index is 1.17. The first kappa shape index (κ1) is 28.4. The number of pyridine rings is 1. The van der Waals surface area contributed by atoms with Crippen molar-refractivity contribution < 1.29 is 23.5 Å². The summed E-state index contributed by atoms with van der Waals surface area (Å²) >= 11 is 0. The second-order valence-corrected chi connectivity index (χ2v) is 10.3. The summed E-state index contributed by atoms with van der Waals surface area (Å²) in [6.07, 6.45) is 1.56. The first-order valence-corrected chi connectivity index (χ1v) is 13.8. The van der Waals surface area contributed by atoms with Crippen LogP contribution in [0.1, 0.15) is 22.5 Å². The van der Waals surface area contributed by atoms with Crippen LogP contribution in [0, 0.1) is 0 Å². The minimum Gasteiger partial charge on any atom is -0.473 e. The molecule has 1 fully saturated rings. The third-order valence-corrected chi connectivity index (χ3v) is 7.26. The molecule has 3 N–H and O–H groups in total. The summed E-state index contributed by atoms with van der Waals surface area (Å²) < 4.78 is 21.7. The van der Waals surface area contributed by atoms with Crippen molar-refractivity contribution in [1.29, 1.82) is 0 Å². The Morgan fingerprint density at radius 3 is 2.61 bits per heavy atom. The van der Waals surface area contributed by atoms with Gasteiger partial charge in [0.25, 0.3) is 5.91 Å². The van der Waals surface area contributed by atoms with Gasteiger partial charge in [0.2, 0.25) is 17.7 Å². The van der Waals surface area contributed by atoms with Gasteiger partial charge in [0, 0.05) is 23.4 Å². The molecule has 3 aromatic heterocycles. The number of hydrogen-bond donors (Lipinski definition) is 2. The SMILES string of the molecule is NC(=O)c1nn(CC(=O)N2CC(F)CC2C(=O)Nc2cccc(OCc3ccccc3)n2)c2ccc(-c3ccnnc3)cc12. The van der Waals surface area contributed by atoms with Crippen LogP contribution in [0.15, 0.2) is 85.2 Å². The van der Waals surface area contributed by atoms with Gasteiger partial charge in [-0.05, 0) is 35.4 Å². The lowest BCUT2D eigenvalue weighted by molar-refractivity contribution is -0.137. The van der Waals surface area contributed by atoms with Crippen LogP contribution in [-0.4, -0.2) is 66.3 Å². The maximum absolute atomic E-state index is 14.6. The van der Waals surface area contributed by atoms with E-state index in [1.807, 2.05) is 30.3 Å². The van der Waals surface area contributed by atoms with Crippen LogP contribution in [0.3, 0.4) is 0 Å². The minimum atomic E-state index is -1.39. The Morgan fingerprint density at radius 1 is 1.00 bits per heavy atom. The molecule has 5 aromatic rings. The van der Waals surface area contributed by atoms with E-state index >= 15 is 0 Å². The molecule has 0 radical (unpaired) electrons. The molecule has 13 heteroatoms. The summed E-state index contributed by atoms with van der Waals surface area (Å²) in [5.41, 5.74) is 8.53. The molecule has 0 spiro atoms. The highest BCUT2D eigenvalue weighted by Gasteiger charge is 2.40. The van der Waals surface area contributed by atoms with Crippen LogP contribution in [0.5, 0.6) is 5.88 Å². The number of benzene rings is 2. The topological polar surface area (TPSA) is 158 Å². The van der Waals surface area contributed by atoms with Crippen molar-refractivity contribution in [2.45, 2.75) is 31.8 Å². The number of nitrogens with one attached hydrogen (secondary N) is 1. The lowest BCUT2D eigenvalue weighted by Crippen LogP contribution is -2.44. The summed E-state index contributed by atoms with van der Waals surface area (Å²) in [6.45, 7) is -0.301. The largest absolute Gasteiger partial charge is 0.473 e. The van der Waals surface area contributed by atoms with Crippen molar-refractivity contribution in [3.05, 3.63) is 96.4 Å². The zero-order chi connectivity index (χ0) is 30.6. The van der Waals surface area contributed by atoms with Gasteiger partial charge in [-0.2, -0.15) is 20.3 Å². The van der Waals surface area contributed by atoms with E-state index in [4.69, 9.17) is 10.5 Å². The van der Waals surface area contributed by atoms with Gasteiger partial charge < -0.3 is 20.7 Å². The number of nitrogens with zero attached hydrogens (tertiary/aromatic N) is 6. The van der Waals surface area contributed by atoms with E-state index in [-0.39, 0.29) is 31.0 Å². The van der Waals surface area contributed by atoms with Crippen LogP contribution in [-0.2, 0) is 22.7 Å². The lowest BCUT2D eigenvalue weighted by atomic mass is 10.0. The molecule has 6 rings (SSSR count). The number of amides is 3. The number of hydrogen-bond acceptors (Lipinski definition) is 8. The number of rotatable bonds is 9. The van der Waals surface area contributed by atoms with Crippen molar-refractivity contribution in [3.8, 4) is 17.0 Å². The molecule has 1 aliphatic heterocycles. The Hall–Kier alpha value is -5.72. The summed E-state index contributed by atoms with van der Waals surface area (Å²) in [5, 5.41) is 15.1. The van der Waals surface area contributed by atoms with Crippen molar-refractivity contribution in [2.24, 2.45) is 5.73 Å². The fourth-order valence-corrected chi connectivity index (χ4v) is 5.16. The molecule has 0 bridgehead atoms. The van der Waals surface area contributed by atoms with E-state index in [1.165, 1.54) is 9.58 Å². The molecule has 2 unspecified atom stereocenters. The van der Waals surface area contributed by atoms with Gasteiger partial charge in [-0.1, -0.05) is 42.5 Å². The van der Waals surface area contributed by atoms with Crippen LogP contribution >= 0.6 is 0 Å². The molecule has 44 heavy (non-hydrogen) atoms. The third-order valence-electron chi connectivity index (χ3n) is 7.26. The van der Waals surface area contributed by atoms with E-state index in [1.54, 1.807) is 54.9 Å². The number of carbonyl (C=O) groups is 3. The molecular formula is C31H27FN8O4. The number of ether oxygens (including phenoxy) is 1. The predicted octanol–water partition coefficient (Wildman–Crippen LogP) is 3.14. The summed E-state index contributed by atoms with van der Waals surface area (Å²) in [6, 6.07) is 20.4. The minimum absolute atomic E-state index is 0.0174. The maximum atomic E-state index is 14.6. The standard InChI is InChI=1S/C31H27FN8O4/c32-22-14-25(31(43)37-26-7-4-8-27(36-26)44-18-19-5-2-1-3-6-19)39(16-22)28(41)17-40-24-10-9-20(21-11-12-34-35-15-21)13-23(24)29(38-40)30(33)42/h1-13,15,22,25H,14,16-18H2,(H2,33,42)(H,36,37,43). The summed E-state index contributed by atoms with van der Waals surface area (Å²) in [7, 11) is 0. The molecule has 3 amide bonds. The van der Waals surface area contributed by atoms with Gasteiger partial charge in [0.15, 0.2) is 5.69 Å². The van der Waals surface area contributed by atoms with E-state index in [9.17, 15) is 18.8 Å². The average Bonchev–Trinajstić information content (AvgIpc) is 3.61. The Kier molecular flexibility index (Phi) is 7.91. The number of fused-ring (bicyclic) bond motifs is 1. The van der Waals surface area contributed by atoms with Crippen LogP contribution in [0.2, 0.25) is 0 Å². The Bertz CT molecular complexity index is 1830. The van der Waals surface area contributed by atoms with E-state index in [0.29, 0.717) is 23.4 Å². The predicted molar refractivity (Wildman–Crippen MR) is 158 cm³/mol. The monoisotopic (exact) mass is 594 g/mol. The van der Waals surface area contributed by atoms with E-state index in [2.05, 4.69) is 25.6 Å². The van der Waals surface area contributed by atoms with Gasteiger partial charge in [-0.25, -0.2) is 4.39 Å². The normalized spacial score (nSPS) is 16.2. The molecule has 12 nitrogen and oxygen atoms in total. The van der Waals surface area contributed by atoms with E-state index in [0.717, 1.165) is 16.7 Å². The number of alkyl halides is 1. The molecule has 222 valence electrons. The summed E-state index contributed by atoms with van der Waals surface area (Å²) in [4.78, 5) is 44.4. The molecule has 0 aliphatic carbocycles. The highest BCUT2D eigenvalue weighted by molar-refractivity contribution is 6.05. The fourth-order valence-electron chi connectivity index (χ4n) is 5.16.